The van der Waals surface area contributed by atoms with Gasteiger partial charge in [0.05, 0.1) is 6.54 Å². The predicted octanol–water partition coefficient (Wildman–Crippen LogP) is 2.59. The Bertz CT molecular complexity index is 641. The Morgan fingerprint density at radius 1 is 1.15 bits per heavy atom. The third kappa shape index (κ3) is 6.06. The highest BCUT2D eigenvalue weighted by Crippen LogP contribution is 2.16. The second-order valence-corrected chi connectivity index (χ2v) is 8.48. The van der Waals surface area contributed by atoms with Gasteiger partial charge in [-0.05, 0) is 49.3 Å². The van der Waals surface area contributed by atoms with Crippen molar-refractivity contribution < 1.29 is 9.59 Å². The van der Waals surface area contributed by atoms with Crippen molar-refractivity contribution in [3.8, 4) is 0 Å². The Morgan fingerprint density at radius 3 is 2.56 bits per heavy atom. The predicted molar refractivity (Wildman–Crippen MR) is 107 cm³/mol. The Hall–Kier alpha value is -1.88. The van der Waals surface area contributed by atoms with E-state index in [1.54, 1.807) is 4.90 Å². The molecule has 1 atom stereocenters. The van der Waals surface area contributed by atoms with Crippen LogP contribution in [0.5, 0.6) is 0 Å². The van der Waals surface area contributed by atoms with E-state index in [4.69, 9.17) is 0 Å². The number of nitrogens with zero attached hydrogens (tertiary/aromatic N) is 2. The van der Waals surface area contributed by atoms with Crippen molar-refractivity contribution in [2.75, 3.05) is 26.2 Å². The van der Waals surface area contributed by atoms with Gasteiger partial charge in [-0.2, -0.15) is 0 Å². The first-order valence-electron chi connectivity index (χ1n) is 10.4. The van der Waals surface area contributed by atoms with Crippen LogP contribution in [0.1, 0.15) is 50.7 Å². The lowest BCUT2D eigenvalue weighted by Gasteiger charge is -2.33. The summed E-state index contributed by atoms with van der Waals surface area (Å²) in [5, 5.41) is 3.14. The minimum Gasteiger partial charge on any atom is -0.351 e. The van der Waals surface area contributed by atoms with Crippen LogP contribution < -0.4 is 5.32 Å². The van der Waals surface area contributed by atoms with Crippen LogP contribution in [0.15, 0.2) is 24.3 Å². The largest absolute Gasteiger partial charge is 0.351 e. The Kier molecular flexibility index (Phi) is 6.89. The molecule has 0 bridgehead atoms. The van der Waals surface area contributed by atoms with Crippen LogP contribution in [-0.2, 0) is 22.6 Å². The fraction of sp³-hybridized carbons (Fsp3) is 0.636. The van der Waals surface area contributed by atoms with Crippen LogP contribution in [0.4, 0.5) is 0 Å². The topological polar surface area (TPSA) is 52.7 Å². The summed E-state index contributed by atoms with van der Waals surface area (Å²) >= 11 is 0. The first kappa shape index (κ1) is 19.9. The Morgan fingerprint density at radius 2 is 1.89 bits per heavy atom. The lowest BCUT2D eigenvalue weighted by molar-refractivity contribution is -0.133. The maximum atomic E-state index is 12.3. The molecular formula is C22H33N3O2. The minimum atomic E-state index is -0.0184. The first-order valence-corrected chi connectivity index (χ1v) is 10.4. The monoisotopic (exact) mass is 371 g/mol. The van der Waals surface area contributed by atoms with Gasteiger partial charge < -0.3 is 10.2 Å². The molecule has 0 aliphatic carbocycles. The summed E-state index contributed by atoms with van der Waals surface area (Å²) in [5.74, 6) is 0.768. The maximum Gasteiger partial charge on any atom is 0.239 e. The Balaban J connectivity index is 1.46. The number of hydrogen-bond acceptors (Lipinski definition) is 3. The summed E-state index contributed by atoms with van der Waals surface area (Å²) < 4.78 is 0. The lowest BCUT2D eigenvalue weighted by Crippen LogP contribution is -2.49. The summed E-state index contributed by atoms with van der Waals surface area (Å²) in [5.41, 5.74) is 2.73. The van der Waals surface area contributed by atoms with Crippen molar-refractivity contribution in [1.82, 2.24) is 15.1 Å². The molecule has 148 valence electrons. The molecule has 27 heavy (non-hydrogen) atoms. The van der Waals surface area contributed by atoms with Crippen LogP contribution in [0, 0.1) is 5.92 Å². The van der Waals surface area contributed by atoms with Gasteiger partial charge in [0.1, 0.15) is 0 Å². The van der Waals surface area contributed by atoms with Gasteiger partial charge in [0.2, 0.25) is 11.8 Å². The van der Waals surface area contributed by atoms with Crippen LogP contribution in [0.25, 0.3) is 0 Å². The van der Waals surface area contributed by atoms with Gasteiger partial charge in [-0.3, -0.25) is 14.5 Å². The highest BCUT2D eigenvalue weighted by atomic mass is 16.2. The second kappa shape index (κ2) is 9.36. The summed E-state index contributed by atoms with van der Waals surface area (Å²) in [6.45, 7) is 8.31. The molecule has 1 aromatic carbocycles. The molecule has 2 aliphatic heterocycles. The summed E-state index contributed by atoms with van der Waals surface area (Å²) in [6.07, 6.45) is 4.69. The molecule has 5 nitrogen and oxygen atoms in total. The summed E-state index contributed by atoms with van der Waals surface area (Å²) in [4.78, 5) is 28.1. The van der Waals surface area contributed by atoms with Gasteiger partial charge >= 0.3 is 0 Å². The van der Waals surface area contributed by atoms with Gasteiger partial charge in [-0.15, -0.1) is 0 Å². The molecule has 0 radical (unpaired) electrons. The SMILES string of the molecule is CC(C)Cc1ccc(CN2CCCC(NC(=O)CN3CCCC3=O)C2)cc1. The molecule has 2 amide bonds. The first-order chi connectivity index (χ1) is 13.0. The highest BCUT2D eigenvalue weighted by molar-refractivity contribution is 5.85. The molecule has 2 aliphatic rings. The fourth-order valence-electron chi connectivity index (χ4n) is 4.15. The second-order valence-electron chi connectivity index (χ2n) is 8.48. The van der Waals surface area contributed by atoms with Crippen molar-refractivity contribution in [1.29, 1.82) is 0 Å². The number of amides is 2. The molecular weight excluding hydrogens is 338 g/mol. The summed E-state index contributed by atoms with van der Waals surface area (Å²) in [6, 6.07) is 9.14. The van der Waals surface area contributed by atoms with E-state index in [1.807, 2.05) is 0 Å². The average molecular weight is 372 g/mol. The van der Waals surface area contributed by atoms with Gasteiger partial charge in [0.25, 0.3) is 0 Å². The van der Waals surface area contributed by atoms with E-state index < -0.39 is 0 Å². The van der Waals surface area contributed by atoms with Crippen LogP contribution >= 0.6 is 0 Å². The van der Waals surface area contributed by atoms with Gasteiger partial charge in [0.15, 0.2) is 0 Å². The van der Waals surface area contributed by atoms with E-state index in [-0.39, 0.29) is 24.4 Å². The van der Waals surface area contributed by atoms with Crippen molar-refractivity contribution in [2.24, 2.45) is 5.92 Å². The number of carbonyl (C=O) groups excluding carboxylic acids is 2. The quantitative estimate of drug-likeness (QED) is 0.802. The highest BCUT2D eigenvalue weighted by Gasteiger charge is 2.25. The number of carbonyl (C=O) groups is 2. The smallest absolute Gasteiger partial charge is 0.239 e. The molecule has 0 spiro atoms. The fourth-order valence-corrected chi connectivity index (χ4v) is 4.15. The Labute approximate surface area is 163 Å². The number of piperidine rings is 1. The van der Waals surface area contributed by atoms with Crippen LogP contribution in [-0.4, -0.2) is 53.8 Å². The van der Waals surface area contributed by atoms with Crippen molar-refractivity contribution in [2.45, 2.75) is 58.5 Å². The molecule has 1 N–H and O–H groups in total. The average Bonchev–Trinajstić information content (AvgIpc) is 3.01. The third-order valence-electron chi connectivity index (χ3n) is 5.45. The molecule has 2 fully saturated rings. The molecule has 1 aromatic rings. The molecule has 5 heteroatoms. The van der Waals surface area contributed by atoms with Gasteiger partial charge in [-0.25, -0.2) is 0 Å². The molecule has 1 unspecified atom stereocenters. The van der Waals surface area contributed by atoms with Gasteiger partial charge in [0, 0.05) is 32.1 Å². The molecule has 2 saturated heterocycles. The number of likely N-dealkylation sites (tertiary alicyclic amines) is 2. The molecule has 2 heterocycles. The zero-order chi connectivity index (χ0) is 19.2. The van der Waals surface area contributed by atoms with Crippen LogP contribution in [0.3, 0.4) is 0 Å². The van der Waals surface area contributed by atoms with Crippen LogP contribution in [0.2, 0.25) is 0 Å². The van der Waals surface area contributed by atoms with E-state index in [0.717, 1.165) is 51.9 Å². The summed E-state index contributed by atoms with van der Waals surface area (Å²) in [7, 11) is 0. The number of hydrogen-bond donors (Lipinski definition) is 1. The third-order valence-corrected chi connectivity index (χ3v) is 5.45. The zero-order valence-electron chi connectivity index (χ0n) is 16.7. The van der Waals surface area contributed by atoms with Gasteiger partial charge in [-0.1, -0.05) is 38.1 Å². The standard InChI is InChI=1S/C22H33N3O2/c1-17(2)13-18-7-9-19(10-8-18)14-24-11-3-5-20(15-24)23-21(26)16-25-12-4-6-22(25)27/h7-10,17,20H,3-6,11-16H2,1-2H3,(H,23,26). The zero-order valence-corrected chi connectivity index (χ0v) is 16.7. The minimum absolute atomic E-state index is 0.0184. The van der Waals surface area contributed by atoms with E-state index in [0.29, 0.717) is 12.3 Å². The van der Waals surface area contributed by atoms with Crippen molar-refractivity contribution in [3.05, 3.63) is 35.4 Å². The van der Waals surface area contributed by atoms with E-state index in [2.05, 4.69) is 48.3 Å². The number of benzene rings is 1. The lowest BCUT2D eigenvalue weighted by atomic mass is 10.0. The number of rotatable bonds is 7. The van der Waals surface area contributed by atoms with E-state index in [9.17, 15) is 9.59 Å². The number of nitrogens with one attached hydrogen (secondary N) is 1. The molecule has 3 rings (SSSR count). The molecule has 0 aromatic heterocycles. The maximum absolute atomic E-state index is 12.3. The van der Waals surface area contributed by atoms with Crippen molar-refractivity contribution in [3.63, 3.8) is 0 Å². The van der Waals surface area contributed by atoms with E-state index >= 15 is 0 Å². The molecule has 0 saturated carbocycles. The van der Waals surface area contributed by atoms with Crippen molar-refractivity contribution >= 4 is 11.8 Å². The normalized spacial score (nSPS) is 21.1. The van der Waals surface area contributed by atoms with E-state index in [1.165, 1.54) is 11.1 Å².